The van der Waals surface area contributed by atoms with Crippen molar-refractivity contribution in [3.05, 3.63) is 18.3 Å². The number of rotatable bonds is 4. The van der Waals surface area contributed by atoms with E-state index in [1.54, 1.807) is 0 Å². The van der Waals surface area contributed by atoms with Crippen LogP contribution in [0.15, 0.2) is 18.3 Å². The van der Waals surface area contributed by atoms with Crippen LogP contribution in [0.4, 0.5) is 11.5 Å². The molecule has 0 radical (unpaired) electrons. The number of aliphatic hydroxyl groups excluding tert-OH is 1. The van der Waals surface area contributed by atoms with Crippen LogP contribution in [-0.2, 0) is 0 Å². The summed E-state index contributed by atoms with van der Waals surface area (Å²) in [6.45, 7) is 4.20. The van der Waals surface area contributed by atoms with Crippen LogP contribution < -0.4 is 10.2 Å². The second-order valence-electron chi connectivity index (χ2n) is 4.46. The average Bonchev–Trinajstić information content (AvgIpc) is 2.39. The summed E-state index contributed by atoms with van der Waals surface area (Å²) < 4.78 is 0. The van der Waals surface area contributed by atoms with Gasteiger partial charge in [-0.25, -0.2) is 4.98 Å². The summed E-state index contributed by atoms with van der Waals surface area (Å²) in [7, 11) is 0. The van der Waals surface area contributed by atoms with Crippen molar-refractivity contribution in [2.75, 3.05) is 29.9 Å². The molecule has 1 saturated heterocycles. The van der Waals surface area contributed by atoms with Gasteiger partial charge < -0.3 is 15.3 Å². The number of aromatic nitrogens is 1. The maximum atomic E-state index is 9.42. The highest BCUT2D eigenvalue weighted by Crippen LogP contribution is 2.25. The van der Waals surface area contributed by atoms with Crippen LogP contribution in [0.5, 0.6) is 0 Å². The van der Waals surface area contributed by atoms with Crippen LogP contribution in [0, 0.1) is 0 Å². The maximum absolute atomic E-state index is 9.42. The third kappa shape index (κ3) is 2.88. The number of anilines is 2. The molecule has 2 N–H and O–H groups in total. The molecule has 0 spiro atoms. The Bertz CT molecular complexity index is 356. The molecule has 1 aromatic heterocycles. The lowest BCUT2D eigenvalue weighted by Crippen LogP contribution is -2.41. The molecule has 0 aliphatic carbocycles. The number of nitrogens with zero attached hydrogens (tertiary/aromatic N) is 2. The zero-order valence-electron chi connectivity index (χ0n) is 10.4. The van der Waals surface area contributed by atoms with E-state index in [0.29, 0.717) is 0 Å². The average molecular weight is 235 g/mol. The molecule has 1 aromatic rings. The van der Waals surface area contributed by atoms with E-state index in [4.69, 9.17) is 0 Å². The van der Waals surface area contributed by atoms with Crippen molar-refractivity contribution in [1.82, 2.24) is 4.98 Å². The van der Waals surface area contributed by atoms with Gasteiger partial charge >= 0.3 is 0 Å². The molecule has 0 bridgehead atoms. The second-order valence-corrected chi connectivity index (χ2v) is 4.46. The van der Waals surface area contributed by atoms with E-state index >= 15 is 0 Å². The fourth-order valence-corrected chi connectivity index (χ4v) is 2.41. The Morgan fingerprint density at radius 2 is 2.41 bits per heavy atom. The summed E-state index contributed by atoms with van der Waals surface area (Å²) in [4.78, 5) is 6.57. The molecule has 94 valence electrons. The van der Waals surface area contributed by atoms with Crippen LogP contribution in [0.3, 0.4) is 0 Å². The molecule has 1 unspecified atom stereocenters. The topological polar surface area (TPSA) is 48.4 Å². The first-order valence-electron chi connectivity index (χ1n) is 6.42. The molecule has 1 aliphatic heterocycles. The third-order valence-electron chi connectivity index (χ3n) is 3.27. The van der Waals surface area contributed by atoms with Gasteiger partial charge in [0.1, 0.15) is 5.82 Å². The number of pyridine rings is 1. The number of piperidine rings is 1. The first-order chi connectivity index (χ1) is 8.35. The number of nitrogens with one attached hydrogen (secondary N) is 1. The maximum Gasteiger partial charge on any atom is 0.127 e. The van der Waals surface area contributed by atoms with E-state index in [-0.39, 0.29) is 12.6 Å². The molecule has 1 atom stereocenters. The second kappa shape index (κ2) is 5.87. The van der Waals surface area contributed by atoms with Crippen LogP contribution in [0.2, 0.25) is 0 Å². The molecule has 0 saturated carbocycles. The number of hydrogen-bond donors (Lipinski definition) is 2. The van der Waals surface area contributed by atoms with Gasteiger partial charge in [-0.1, -0.05) is 0 Å². The minimum atomic E-state index is 0.235. The van der Waals surface area contributed by atoms with Crippen LogP contribution in [0.1, 0.15) is 26.2 Å². The molecule has 2 rings (SSSR count). The standard InChI is InChI=1S/C13H21N3O/c1-2-14-13-9-11(6-7-15-13)16-8-4-3-5-12(16)10-17/h6-7,9,12,17H,2-5,8,10H2,1H3,(H,14,15). The highest BCUT2D eigenvalue weighted by atomic mass is 16.3. The normalized spacial score (nSPS) is 20.4. The van der Waals surface area contributed by atoms with Gasteiger partial charge in [0, 0.05) is 31.0 Å². The smallest absolute Gasteiger partial charge is 0.127 e. The predicted octanol–water partition coefficient (Wildman–Crippen LogP) is 1.86. The lowest BCUT2D eigenvalue weighted by molar-refractivity contribution is 0.240. The molecule has 0 aromatic carbocycles. The van der Waals surface area contributed by atoms with Crippen LogP contribution in [0.25, 0.3) is 0 Å². The molecular weight excluding hydrogens is 214 g/mol. The Labute approximate surface area is 103 Å². The van der Waals surface area contributed by atoms with Gasteiger partial charge in [0.25, 0.3) is 0 Å². The van der Waals surface area contributed by atoms with Crippen molar-refractivity contribution >= 4 is 11.5 Å². The molecule has 2 heterocycles. The lowest BCUT2D eigenvalue weighted by Gasteiger charge is -2.36. The zero-order valence-corrected chi connectivity index (χ0v) is 10.4. The first kappa shape index (κ1) is 12.2. The molecule has 17 heavy (non-hydrogen) atoms. The first-order valence-corrected chi connectivity index (χ1v) is 6.42. The minimum absolute atomic E-state index is 0.235. The highest BCUT2D eigenvalue weighted by Gasteiger charge is 2.21. The molecule has 4 nitrogen and oxygen atoms in total. The monoisotopic (exact) mass is 235 g/mol. The fraction of sp³-hybridized carbons (Fsp3) is 0.615. The summed E-state index contributed by atoms with van der Waals surface area (Å²) in [6, 6.07) is 4.35. The highest BCUT2D eigenvalue weighted by molar-refractivity contribution is 5.54. The van der Waals surface area contributed by atoms with E-state index in [0.717, 1.165) is 31.0 Å². The van der Waals surface area contributed by atoms with Crippen molar-refractivity contribution < 1.29 is 5.11 Å². The van der Waals surface area contributed by atoms with Gasteiger partial charge in [-0.15, -0.1) is 0 Å². The van der Waals surface area contributed by atoms with Crippen molar-refractivity contribution in [3.8, 4) is 0 Å². The van der Waals surface area contributed by atoms with Crippen molar-refractivity contribution in [1.29, 1.82) is 0 Å². The van der Waals surface area contributed by atoms with E-state index in [9.17, 15) is 5.11 Å². The van der Waals surface area contributed by atoms with Crippen LogP contribution in [-0.4, -0.2) is 35.8 Å². The Hall–Kier alpha value is -1.29. The molecule has 0 amide bonds. The summed E-state index contributed by atoms with van der Waals surface area (Å²) >= 11 is 0. The van der Waals surface area contributed by atoms with Crippen molar-refractivity contribution in [2.45, 2.75) is 32.2 Å². The molecular formula is C13H21N3O. The van der Waals surface area contributed by atoms with E-state index in [1.807, 2.05) is 12.3 Å². The summed E-state index contributed by atoms with van der Waals surface area (Å²) in [5.41, 5.74) is 1.16. The quantitative estimate of drug-likeness (QED) is 0.836. The van der Waals surface area contributed by atoms with E-state index in [2.05, 4.69) is 28.2 Å². The lowest BCUT2D eigenvalue weighted by atomic mass is 10.0. The largest absolute Gasteiger partial charge is 0.394 e. The third-order valence-corrected chi connectivity index (χ3v) is 3.27. The Kier molecular flexibility index (Phi) is 4.20. The van der Waals surface area contributed by atoms with Gasteiger partial charge in [-0.3, -0.25) is 0 Å². The minimum Gasteiger partial charge on any atom is -0.394 e. The van der Waals surface area contributed by atoms with E-state index < -0.39 is 0 Å². The zero-order chi connectivity index (χ0) is 12.1. The van der Waals surface area contributed by atoms with Crippen molar-refractivity contribution in [3.63, 3.8) is 0 Å². The Morgan fingerprint density at radius 1 is 1.53 bits per heavy atom. The van der Waals surface area contributed by atoms with Gasteiger partial charge in [0.2, 0.25) is 0 Å². The number of aliphatic hydroxyl groups is 1. The summed E-state index contributed by atoms with van der Waals surface area (Å²) in [5.74, 6) is 0.910. The molecule has 4 heteroatoms. The Balaban J connectivity index is 2.16. The molecule has 1 fully saturated rings. The summed E-state index contributed by atoms with van der Waals surface area (Å²) in [5, 5.41) is 12.6. The van der Waals surface area contributed by atoms with Crippen molar-refractivity contribution in [2.24, 2.45) is 0 Å². The SMILES string of the molecule is CCNc1cc(N2CCCCC2CO)ccn1. The summed E-state index contributed by atoms with van der Waals surface area (Å²) in [6.07, 6.45) is 5.33. The predicted molar refractivity (Wildman–Crippen MR) is 70.5 cm³/mol. The van der Waals surface area contributed by atoms with Gasteiger partial charge in [0.05, 0.1) is 12.6 Å². The Morgan fingerprint density at radius 3 is 3.18 bits per heavy atom. The van der Waals surface area contributed by atoms with Gasteiger partial charge in [-0.05, 0) is 32.3 Å². The fourth-order valence-electron chi connectivity index (χ4n) is 2.41. The van der Waals surface area contributed by atoms with Crippen LogP contribution >= 0.6 is 0 Å². The number of hydrogen-bond acceptors (Lipinski definition) is 4. The van der Waals surface area contributed by atoms with Gasteiger partial charge in [-0.2, -0.15) is 0 Å². The molecule has 1 aliphatic rings. The van der Waals surface area contributed by atoms with E-state index in [1.165, 1.54) is 12.8 Å². The van der Waals surface area contributed by atoms with Gasteiger partial charge in [0.15, 0.2) is 0 Å².